The van der Waals surface area contributed by atoms with E-state index in [0.717, 1.165) is 36.3 Å². The molecule has 2 aliphatic heterocycles. The predicted molar refractivity (Wildman–Crippen MR) is 105 cm³/mol. The molecule has 2 aromatic rings. The molecule has 2 N–H and O–H groups in total. The molecular formula is C22H26N2O3. The lowest BCUT2D eigenvalue weighted by Gasteiger charge is -2.34. The molecule has 0 radical (unpaired) electrons. The summed E-state index contributed by atoms with van der Waals surface area (Å²) in [6, 6.07) is 16.3. The van der Waals surface area contributed by atoms with Crippen LogP contribution in [-0.4, -0.2) is 35.7 Å². The molecule has 0 bridgehead atoms. The Balaban J connectivity index is 1.36. The van der Waals surface area contributed by atoms with Crippen LogP contribution in [0.3, 0.4) is 0 Å². The molecule has 1 fully saturated rings. The Bertz CT molecular complexity index is 793. The number of likely N-dealkylation sites (tertiary alicyclic amines) is 1. The maximum atomic E-state index is 11.3. The first kappa shape index (κ1) is 18.0. The topological polar surface area (TPSA) is 61.8 Å². The Morgan fingerprint density at radius 2 is 2.07 bits per heavy atom. The number of anilines is 1. The summed E-state index contributed by atoms with van der Waals surface area (Å²) in [5.74, 6) is 0.639. The lowest BCUT2D eigenvalue weighted by atomic mass is 9.91. The van der Waals surface area contributed by atoms with E-state index in [0.29, 0.717) is 12.5 Å². The van der Waals surface area contributed by atoms with E-state index in [2.05, 4.69) is 40.5 Å². The second kappa shape index (κ2) is 8.11. The van der Waals surface area contributed by atoms with E-state index >= 15 is 0 Å². The summed E-state index contributed by atoms with van der Waals surface area (Å²) in [5, 5.41) is 13.4. The predicted octanol–water partition coefficient (Wildman–Crippen LogP) is 3.74. The van der Waals surface area contributed by atoms with E-state index in [-0.39, 0.29) is 6.61 Å². The van der Waals surface area contributed by atoms with Crippen LogP contribution in [0.5, 0.6) is 0 Å². The van der Waals surface area contributed by atoms with Crippen LogP contribution in [0, 0.1) is 5.92 Å². The van der Waals surface area contributed by atoms with Crippen LogP contribution in [0.1, 0.15) is 35.6 Å². The maximum absolute atomic E-state index is 11.3. The number of ether oxygens (including phenoxy) is 1. The van der Waals surface area contributed by atoms with Gasteiger partial charge in [-0.25, -0.2) is 4.79 Å². The van der Waals surface area contributed by atoms with Gasteiger partial charge in [-0.3, -0.25) is 5.32 Å². The van der Waals surface area contributed by atoms with Gasteiger partial charge in [0.2, 0.25) is 0 Å². The number of benzene rings is 2. The first-order valence-corrected chi connectivity index (χ1v) is 9.68. The van der Waals surface area contributed by atoms with E-state index in [1.807, 2.05) is 18.2 Å². The number of piperidine rings is 1. The van der Waals surface area contributed by atoms with Crippen LogP contribution in [0.15, 0.2) is 48.5 Å². The molecule has 1 saturated heterocycles. The molecule has 2 aromatic carbocycles. The van der Waals surface area contributed by atoms with Crippen molar-refractivity contribution >= 4 is 11.8 Å². The Kier molecular flexibility index (Phi) is 5.41. The first-order valence-electron chi connectivity index (χ1n) is 9.68. The highest BCUT2D eigenvalue weighted by Crippen LogP contribution is 2.27. The van der Waals surface area contributed by atoms with Crippen molar-refractivity contribution < 1.29 is 14.6 Å². The molecule has 4 rings (SSSR count). The molecule has 5 nitrogen and oxygen atoms in total. The lowest BCUT2D eigenvalue weighted by Crippen LogP contribution is -2.38. The molecule has 2 heterocycles. The number of aliphatic hydroxyl groups excluding tert-OH is 1. The zero-order chi connectivity index (χ0) is 18.6. The van der Waals surface area contributed by atoms with Crippen molar-refractivity contribution in [1.82, 2.24) is 4.90 Å². The molecule has 1 unspecified atom stereocenters. The van der Waals surface area contributed by atoms with E-state index in [4.69, 9.17) is 4.74 Å². The Labute approximate surface area is 160 Å². The number of carbonyl (C=O) groups is 1. The van der Waals surface area contributed by atoms with Gasteiger partial charge in [0.1, 0.15) is 6.61 Å². The first-order chi connectivity index (χ1) is 13.2. The molecule has 0 aromatic heterocycles. The minimum atomic E-state index is -0.539. The van der Waals surface area contributed by atoms with Crippen molar-refractivity contribution in [1.29, 1.82) is 0 Å². The summed E-state index contributed by atoms with van der Waals surface area (Å²) in [6.07, 6.45) is 2.56. The summed E-state index contributed by atoms with van der Waals surface area (Å²) < 4.78 is 5.02. The highest BCUT2D eigenvalue weighted by atomic mass is 16.5. The van der Waals surface area contributed by atoms with E-state index < -0.39 is 12.2 Å². The summed E-state index contributed by atoms with van der Waals surface area (Å²) in [7, 11) is 0. The number of β-amino-alcohol motifs (C(OH)–C–C–N with tert-alkyl or cyclic N) is 1. The zero-order valence-corrected chi connectivity index (χ0v) is 15.4. The molecule has 0 aliphatic carbocycles. The van der Waals surface area contributed by atoms with Crippen molar-refractivity contribution in [3.8, 4) is 0 Å². The number of rotatable bonds is 5. The average Bonchev–Trinajstić information content (AvgIpc) is 2.68. The van der Waals surface area contributed by atoms with Crippen LogP contribution in [0.4, 0.5) is 10.5 Å². The molecule has 2 aliphatic rings. The number of hydrogen-bond acceptors (Lipinski definition) is 4. The molecule has 142 valence electrons. The number of carbonyl (C=O) groups excluding carboxylic acids is 1. The highest BCUT2D eigenvalue weighted by molar-refractivity contribution is 5.87. The van der Waals surface area contributed by atoms with Gasteiger partial charge in [0, 0.05) is 18.7 Å². The maximum Gasteiger partial charge on any atom is 0.411 e. The summed E-state index contributed by atoms with van der Waals surface area (Å²) >= 11 is 0. The number of fused-ring (bicyclic) bond motifs is 1. The van der Waals surface area contributed by atoms with Crippen molar-refractivity contribution in [3.63, 3.8) is 0 Å². The number of nitrogens with one attached hydrogen (secondary N) is 1. The number of aliphatic hydroxyl groups is 1. The van der Waals surface area contributed by atoms with Crippen molar-refractivity contribution in [2.45, 2.75) is 32.0 Å². The van der Waals surface area contributed by atoms with Gasteiger partial charge in [0.25, 0.3) is 0 Å². The largest absolute Gasteiger partial charge is 0.444 e. The molecule has 27 heavy (non-hydrogen) atoms. The summed E-state index contributed by atoms with van der Waals surface area (Å²) in [5.41, 5.74) is 3.94. The van der Waals surface area contributed by atoms with Gasteiger partial charge >= 0.3 is 6.09 Å². The van der Waals surface area contributed by atoms with Gasteiger partial charge < -0.3 is 14.7 Å². The van der Waals surface area contributed by atoms with Gasteiger partial charge in [-0.05, 0) is 55.0 Å². The molecule has 0 saturated carbocycles. The minimum absolute atomic E-state index is 0.255. The van der Waals surface area contributed by atoms with Crippen molar-refractivity contribution in [2.75, 3.05) is 25.0 Å². The smallest absolute Gasteiger partial charge is 0.411 e. The quantitative estimate of drug-likeness (QED) is 0.846. The fraction of sp³-hybridized carbons (Fsp3) is 0.409. The molecule has 1 amide bonds. The average molecular weight is 366 g/mol. The van der Waals surface area contributed by atoms with E-state index in [9.17, 15) is 9.90 Å². The van der Waals surface area contributed by atoms with Gasteiger partial charge in [0.15, 0.2) is 0 Å². The van der Waals surface area contributed by atoms with Crippen LogP contribution in [0.25, 0.3) is 0 Å². The summed E-state index contributed by atoms with van der Waals surface area (Å²) in [4.78, 5) is 13.7. The van der Waals surface area contributed by atoms with Crippen LogP contribution < -0.4 is 5.32 Å². The van der Waals surface area contributed by atoms with Crippen LogP contribution >= 0.6 is 0 Å². The Morgan fingerprint density at radius 3 is 2.93 bits per heavy atom. The van der Waals surface area contributed by atoms with E-state index in [1.54, 1.807) is 0 Å². The third-order valence-corrected chi connectivity index (χ3v) is 5.51. The van der Waals surface area contributed by atoms with E-state index in [1.165, 1.54) is 18.4 Å². The standard InChI is InChI=1S/C22H26N2O3/c25-21(18-8-9-20-19(12-18)15-27-22(26)23-20)14-24-10-4-7-17(13-24)11-16-5-2-1-3-6-16/h1-3,5-6,8-9,12,17,21,25H,4,7,10-11,13-15H2,(H,23,26)/t17-,21?/m0/s1. The Hall–Kier alpha value is -2.37. The fourth-order valence-electron chi connectivity index (χ4n) is 4.13. The van der Waals surface area contributed by atoms with Gasteiger partial charge in [-0.15, -0.1) is 0 Å². The van der Waals surface area contributed by atoms with Gasteiger partial charge in [-0.2, -0.15) is 0 Å². The number of amides is 1. The third kappa shape index (κ3) is 4.49. The number of nitrogens with zero attached hydrogens (tertiary/aromatic N) is 1. The highest BCUT2D eigenvalue weighted by Gasteiger charge is 2.23. The summed E-state index contributed by atoms with van der Waals surface area (Å²) in [6.45, 7) is 2.95. The van der Waals surface area contributed by atoms with Crippen molar-refractivity contribution in [2.24, 2.45) is 5.92 Å². The molecule has 5 heteroatoms. The van der Waals surface area contributed by atoms with Gasteiger partial charge in [0.05, 0.1) is 11.8 Å². The molecular weight excluding hydrogens is 340 g/mol. The molecule has 0 spiro atoms. The second-order valence-electron chi connectivity index (χ2n) is 7.59. The Morgan fingerprint density at radius 1 is 1.22 bits per heavy atom. The minimum Gasteiger partial charge on any atom is -0.444 e. The monoisotopic (exact) mass is 366 g/mol. The van der Waals surface area contributed by atoms with Crippen LogP contribution in [0.2, 0.25) is 0 Å². The zero-order valence-electron chi connectivity index (χ0n) is 15.4. The SMILES string of the molecule is O=C1Nc2ccc(C(O)CN3CCC[C@@H](Cc4ccccc4)C3)cc2CO1. The second-order valence-corrected chi connectivity index (χ2v) is 7.59. The van der Waals surface area contributed by atoms with Crippen molar-refractivity contribution in [3.05, 3.63) is 65.2 Å². The lowest BCUT2D eigenvalue weighted by molar-refractivity contribution is 0.0842. The van der Waals surface area contributed by atoms with Crippen LogP contribution in [-0.2, 0) is 17.8 Å². The van der Waals surface area contributed by atoms with Gasteiger partial charge in [-0.1, -0.05) is 36.4 Å². The fourth-order valence-corrected chi connectivity index (χ4v) is 4.13. The molecule has 2 atom stereocenters. The third-order valence-electron chi connectivity index (χ3n) is 5.51. The normalized spacial score (nSPS) is 21.1. The number of hydrogen-bond donors (Lipinski definition) is 2. The number of cyclic esters (lactones) is 1.